The number of carbonyl (C=O) groups excluding carboxylic acids is 1. The molecule has 1 aromatic carbocycles. The summed E-state index contributed by atoms with van der Waals surface area (Å²) in [5.74, 6) is 1.67. The molecule has 0 saturated carbocycles. The highest BCUT2D eigenvalue weighted by atomic mass is 16.5. The van der Waals surface area contributed by atoms with Crippen molar-refractivity contribution in [2.45, 2.75) is 44.8 Å². The summed E-state index contributed by atoms with van der Waals surface area (Å²) in [6.07, 6.45) is 3.32. The molecule has 3 heterocycles. The average Bonchev–Trinajstić information content (AvgIpc) is 3.20. The number of rotatable bonds is 2. The van der Waals surface area contributed by atoms with Crippen LogP contribution in [-0.2, 0) is 0 Å². The van der Waals surface area contributed by atoms with Gasteiger partial charge < -0.3 is 14.6 Å². The molecular formula is C19H21N3O3. The second-order valence-electron chi connectivity index (χ2n) is 6.84. The highest BCUT2D eigenvalue weighted by Crippen LogP contribution is 2.39. The largest absolute Gasteiger partial charge is 0.490 e. The maximum atomic E-state index is 13.1. The summed E-state index contributed by atoms with van der Waals surface area (Å²) >= 11 is 0. The zero-order valence-corrected chi connectivity index (χ0v) is 14.4. The number of hydrogen-bond donors (Lipinski definition) is 1. The Morgan fingerprint density at radius 1 is 1.32 bits per heavy atom. The van der Waals surface area contributed by atoms with Crippen LogP contribution in [0.3, 0.4) is 0 Å². The predicted molar refractivity (Wildman–Crippen MR) is 92.8 cm³/mol. The number of amides is 1. The van der Waals surface area contributed by atoms with Crippen LogP contribution in [0, 0.1) is 0 Å². The van der Waals surface area contributed by atoms with E-state index in [4.69, 9.17) is 4.74 Å². The molecule has 2 aromatic rings. The molecule has 25 heavy (non-hydrogen) atoms. The zero-order valence-electron chi connectivity index (χ0n) is 14.4. The minimum Gasteiger partial charge on any atom is -0.490 e. The van der Waals surface area contributed by atoms with E-state index in [9.17, 15) is 9.59 Å². The predicted octanol–water partition coefficient (Wildman–Crippen LogP) is 2.63. The van der Waals surface area contributed by atoms with Crippen molar-refractivity contribution in [3.8, 4) is 5.75 Å². The number of nitrogens with one attached hydrogen (secondary N) is 1. The van der Waals surface area contributed by atoms with Crippen LogP contribution in [-0.4, -0.2) is 33.4 Å². The Bertz CT molecular complexity index is 876. The van der Waals surface area contributed by atoms with E-state index in [1.807, 2.05) is 30.0 Å². The Hall–Kier alpha value is -2.63. The molecule has 4 rings (SSSR count). The van der Waals surface area contributed by atoms with Crippen molar-refractivity contribution in [3.05, 3.63) is 57.8 Å². The maximum absolute atomic E-state index is 13.1. The third kappa shape index (κ3) is 2.71. The van der Waals surface area contributed by atoms with E-state index in [1.165, 1.54) is 12.3 Å². The first-order valence-corrected chi connectivity index (χ1v) is 8.71. The number of fused-ring (bicyclic) bond motifs is 1. The van der Waals surface area contributed by atoms with Crippen LogP contribution in [0.15, 0.2) is 35.3 Å². The topological polar surface area (TPSA) is 75.3 Å². The molecule has 130 valence electrons. The zero-order chi connectivity index (χ0) is 17.6. The summed E-state index contributed by atoms with van der Waals surface area (Å²) in [5.41, 5.74) is 1.55. The van der Waals surface area contributed by atoms with Gasteiger partial charge in [-0.2, -0.15) is 0 Å². The molecule has 6 nitrogen and oxygen atoms in total. The van der Waals surface area contributed by atoms with Gasteiger partial charge in [0.2, 0.25) is 0 Å². The Balaban J connectivity index is 1.64. The van der Waals surface area contributed by atoms with Crippen molar-refractivity contribution < 1.29 is 9.53 Å². The SMILES string of the molecule is CC1Oc2ccc(C(=O)N3CCCC3c3nccc(=O)[nH]3)cc2C1C. The number of aromatic nitrogens is 2. The van der Waals surface area contributed by atoms with E-state index < -0.39 is 0 Å². The highest BCUT2D eigenvalue weighted by molar-refractivity contribution is 5.95. The lowest BCUT2D eigenvalue weighted by atomic mass is 9.96. The molecule has 2 aliphatic rings. The number of carbonyl (C=O) groups is 1. The minimum atomic E-state index is -0.193. The summed E-state index contributed by atoms with van der Waals surface area (Å²) in [5, 5.41) is 0. The quantitative estimate of drug-likeness (QED) is 0.913. The Morgan fingerprint density at radius 3 is 2.96 bits per heavy atom. The molecule has 0 aliphatic carbocycles. The van der Waals surface area contributed by atoms with Crippen LogP contribution in [0.2, 0.25) is 0 Å². The smallest absolute Gasteiger partial charge is 0.254 e. The van der Waals surface area contributed by atoms with Crippen molar-refractivity contribution in [1.29, 1.82) is 0 Å². The van der Waals surface area contributed by atoms with Crippen molar-refractivity contribution in [3.63, 3.8) is 0 Å². The van der Waals surface area contributed by atoms with Gasteiger partial charge in [0.25, 0.3) is 11.5 Å². The molecule has 2 aliphatic heterocycles. The van der Waals surface area contributed by atoms with Gasteiger partial charge in [-0.25, -0.2) is 4.98 Å². The van der Waals surface area contributed by atoms with E-state index in [2.05, 4.69) is 16.9 Å². The second kappa shape index (κ2) is 6.02. The van der Waals surface area contributed by atoms with Crippen LogP contribution in [0.25, 0.3) is 0 Å². The maximum Gasteiger partial charge on any atom is 0.254 e. The van der Waals surface area contributed by atoms with Gasteiger partial charge in [0.05, 0.1) is 6.04 Å². The summed E-state index contributed by atoms with van der Waals surface area (Å²) in [6.45, 7) is 4.82. The van der Waals surface area contributed by atoms with Crippen LogP contribution >= 0.6 is 0 Å². The molecule has 1 aromatic heterocycles. The molecule has 1 amide bonds. The van der Waals surface area contributed by atoms with E-state index in [1.54, 1.807) is 0 Å². The number of nitrogens with zero attached hydrogens (tertiary/aromatic N) is 2. The van der Waals surface area contributed by atoms with E-state index in [0.29, 0.717) is 17.9 Å². The second-order valence-corrected chi connectivity index (χ2v) is 6.84. The number of aromatic amines is 1. The van der Waals surface area contributed by atoms with Crippen molar-refractivity contribution in [2.75, 3.05) is 6.54 Å². The van der Waals surface area contributed by atoms with Gasteiger partial charge in [0.1, 0.15) is 17.7 Å². The standard InChI is InChI=1S/C19H21N3O3/c1-11-12(2)25-16-6-5-13(10-14(11)16)19(24)22-9-3-4-15(22)18-20-8-7-17(23)21-18/h5-8,10-12,15H,3-4,9H2,1-2H3,(H,20,21,23). The lowest BCUT2D eigenvalue weighted by Gasteiger charge is -2.24. The van der Waals surface area contributed by atoms with Gasteiger partial charge >= 0.3 is 0 Å². The first-order valence-electron chi connectivity index (χ1n) is 8.71. The monoisotopic (exact) mass is 339 g/mol. The van der Waals surface area contributed by atoms with Crippen molar-refractivity contribution in [2.24, 2.45) is 0 Å². The number of ether oxygens (including phenoxy) is 1. The van der Waals surface area contributed by atoms with Gasteiger partial charge in [-0.15, -0.1) is 0 Å². The molecule has 0 spiro atoms. The minimum absolute atomic E-state index is 0.0245. The lowest BCUT2D eigenvalue weighted by Crippen LogP contribution is -2.32. The Kier molecular flexibility index (Phi) is 3.82. The number of hydrogen-bond acceptors (Lipinski definition) is 4. The third-order valence-electron chi connectivity index (χ3n) is 5.28. The third-order valence-corrected chi connectivity index (χ3v) is 5.28. The van der Waals surface area contributed by atoms with Crippen LogP contribution in [0.1, 0.15) is 60.4 Å². The van der Waals surface area contributed by atoms with Crippen molar-refractivity contribution in [1.82, 2.24) is 14.9 Å². The first-order chi connectivity index (χ1) is 12.0. The van der Waals surface area contributed by atoms with Gasteiger partial charge in [-0.05, 0) is 38.0 Å². The molecule has 3 atom stereocenters. The summed E-state index contributed by atoms with van der Waals surface area (Å²) < 4.78 is 5.81. The van der Waals surface area contributed by atoms with Gasteiger partial charge in [-0.1, -0.05) is 6.92 Å². The molecule has 6 heteroatoms. The van der Waals surface area contributed by atoms with E-state index in [0.717, 1.165) is 24.2 Å². The van der Waals surface area contributed by atoms with Gasteiger partial charge in [-0.3, -0.25) is 9.59 Å². The highest BCUT2D eigenvalue weighted by Gasteiger charge is 2.34. The fourth-order valence-electron chi connectivity index (χ4n) is 3.71. The fraction of sp³-hybridized carbons (Fsp3) is 0.421. The van der Waals surface area contributed by atoms with Crippen LogP contribution < -0.4 is 10.3 Å². The van der Waals surface area contributed by atoms with E-state index in [-0.39, 0.29) is 29.5 Å². The first kappa shape index (κ1) is 15.9. The Morgan fingerprint density at radius 2 is 2.16 bits per heavy atom. The van der Waals surface area contributed by atoms with Gasteiger partial charge in [0.15, 0.2) is 0 Å². The number of likely N-dealkylation sites (tertiary alicyclic amines) is 1. The molecule has 1 fully saturated rings. The lowest BCUT2D eigenvalue weighted by molar-refractivity contribution is 0.0729. The summed E-state index contributed by atoms with van der Waals surface area (Å²) in [7, 11) is 0. The molecule has 1 saturated heterocycles. The molecule has 0 radical (unpaired) electrons. The molecule has 0 bridgehead atoms. The molecule has 3 unspecified atom stereocenters. The van der Waals surface area contributed by atoms with Crippen LogP contribution in [0.5, 0.6) is 5.75 Å². The molecule has 1 N–H and O–H groups in total. The Labute approximate surface area is 145 Å². The number of H-pyrrole nitrogens is 1. The van der Waals surface area contributed by atoms with Crippen molar-refractivity contribution >= 4 is 5.91 Å². The summed E-state index contributed by atoms with van der Waals surface area (Å²) in [4.78, 5) is 33.5. The van der Waals surface area contributed by atoms with E-state index >= 15 is 0 Å². The number of benzene rings is 1. The summed E-state index contributed by atoms with van der Waals surface area (Å²) in [6, 6.07) is 6.86. The average molecular weight is 339 g/mol. The normalized spacial score (nSPS) is 24.9. The van der Waals surface area contributed by atoms with Gasteiger partial charge in [0, 0.05) is 35.9 Å². The molecular weight excluding hydrogens is 318 g/mol. The van der Waals surface area contributed by atoms with Crippen LogP contribution in [0.4, 0.5) is 0 Å². The fourth-order valence-corrected chi connectivity index (χ4v) is 3.71.